The van der Waals surface area contributed by atoms with Crippen LogP contribution in [0.5, 0.6) is 0 Å². The van der Waals surface area contributed by atoms with Crippen molar-refractivity contribution in [3.8, 4) is 0 Å². The zero-order valence-corrected chi connectivity index (χ0v) is 8.07. The standard InChI is InChI=1S/C12H12O2/c1-9-8-14-12(11(9)7-13)10-5-3-2-4-6-10/h2-7,12H,8H2,1H3/t12-/m1/s1. The van der Waals surface area contributed by atoms with E-state index in [4.69, 9.17) is 4.74 Å². The maximum Gasteiger partial charge on any atom is 0.149 e. The van der Waals surface area contributed by atoms with Gasteiger partial charge in [0.15, 0.2) is 0 Å². The van der Waals surface area contributed by atoms with E-state index in [0.29, 0.717) is 6.61 Å². The van der Waals surface area contributed by atoms with Crippen molar-refractivity contribution in [2.45, 2.75) is 13.0 Å². The Hall–Kier alpha value is -1.41. The first-order chi connectivity index (χ1) is 6.83. The smallest absolute Gasteiger partial charge is 0.149 e. The van der Waals surface area contributed by atoms with Crippen molar-refractivity contribution in [3.63, 3.8) is 0 Å². The molecule has 2 nitrogen and oxygen atoms in total. The molecule has 1 aromatic carbocycles. The fourth-order valence-electron chi connectivity index (χ4n) is 1.67. The van der Waals surface area contributed by atoms with Crippen molar-refractivity contribution < 1.29 is 9.53 Å². The molecule has 72 valence electrons. The fraction of sp³-hybridized carbons (Fsp3) is 0.250. The van der Waals surface area contributed by atoms with Crippen LogP contribution in [0.15, 0.2) is 41.5 Å². The van der Waals surface area contributed by atoms with E-state index in [-0.39, 0.29) is 6.10 Å². The van der Waals surface area contributed by atoms with Gasteiger partial charge in [0.2, 0.25) is 0 Å². The quantitative estimate of drug-likeness (QED) is 0.665. The molecule has 0 unspecified atom stereocenters. The summed E-state index contributed by atoms with van der Waals surface area (Å²) >= 11 is 0. The summed E-state index contributed by atoms with van der Waals surface area (Å²) in [5.41, 5.74) is 2.86. The summed E-state index contributed by atoms with van der Waals surface area (Å²) in [6.45, 7) is 2.50. The minimum absolute atomic E-state index is 0.159. The van der Waals surface area contributed by atoms with Gasteiger partial charge in [0.05, 0.1) is 6.61 Å². The monoisotopic (exact) mass is 188 g/mol. The third kappa shape index (κ3) is 1.49. The molecule has 0 fully saturated rings. The molecule has 1 aliphatic rings. The van der Waals surface area contributed by atoms with Gasteiger partial charge in [-0.15, -0.1) is 0 Å². The molecule has 2 heteroatoms. The van der Waals surface area contributed by atoms with Crippen molar-refractivity contribution in [1.29, 1.82) is 0 Å². The van der Waals surface area contributed by atoms with E-state index in [0.717, 1.165) is 23.0 Å². The lowest BCUT2D eigenvalue weighted by Crippen LogP contribution is -2.01. The molecule has 14 heavy (non-hydrogen) atoms. The second-order valence-electron chi connectivity index (χ2n) is 3.46. The van der Waals surface area contributed by atoms with E-state index in [2.05, 4.69) is 0 Å². The lowest BCUT2D eigenvalue weighted by Gasteiger charge is -2.10. The average Bonchev–Trinajstić information content (AvgIpc) is 2.61. The summed E-state index contributed by atoms with van der Waals surface area (Å²) < 4.78 is 5.55. The van der Waals surface area contributed by atoms with E-state index in [9.17, 15) is 4.79 Å². The van der Waals surface area contributed by atoms with Crippen LogP contribution in [0.2, 0.25) is 0 Å². The topological polar surface area (TPSA) is 26.3 Å². The highest BCUT2D eigenvalue weighted by Crippen LogP contribution is 2.32. The molecule has 0 amide bonds. The lowest BCUT2D eigenvalue weighted by molar-refractivity contribution is -0.105. The molecule has 0 spiro atoms. The van der Waals surface area contributed by atoms with Crippen LogP contribution in [-0.4, -0.2) is 12.9 Å². The number of carbonyl (C=O) groups excluding carboxylic acids is 1. The molecule has 0 saturated heterocycles. The molecule has 1 aliphatic heterocycles. The first-order valence-electron chi connectivity index (χ1n) is 4.64. The Morgan fingerprint density at radius 2 is 2.07 bits per heavy atom. The molecule has 0 N–H and O–H groups in total. The Morgan fingerprint density at radius 3 is 2.71 bits per heavy atom. The van der Waals surface area contributed by atoms with Crippen LogP contribution in [-0.2, 0) is 9.53 Å². The normalized spacial score (nSPS) is 21.4. The third-order valence-electron chi connectivity index (χ3n) is 2.47. The largest absolute Gasteiger partial charge is 0.364 e. The number of hydrogen-bond donors (Lipinski definition) is 0. The zero-order chi connectivity index (χ0) is 9.97. The molecule has 1 atom stereocenters. The van der Waals surface area contributed by atoms with Crippen LogP contribution >= 0.6 is 0 Å². The third-order valence-corrected chi connectivity index (χ3v) is 2.47. The minimum atomic E-state index is -0.159. The Labute approximate surface area is 83.2 Å². The van der Waals surface area contributed by atoms with E-state index >= 15 is 0 Å². The van der Waals surface area contributed by atoms with E-state index < -0.39 is 0 Å². The summed E-state index contributed by atoms with van der Waals surface area (Å²) in [5, 5.41) is 0. The van der Waals surface area contributed by atoms with Gasteiger partial charge in [-0.25, -0.2) is 0 Å². The maximum atomic E-state index is 10.9. The number of benzene rings is 1. The summed E-state index contributed by atoms with van der Waals surface area (Å²) in [4.78, 5) is 10.9. The van der Waals surface area contributed by atoms with Crippen LogP contribution < -0.4 is 0 Å². The summed E-state index contributed by atoms with van der Waals surface area (Å²) in [5.74, 6) is 0. The van der Waals surface area contributed by atoms with Gasteiger partial charge in [-0.05, 0) is 18.1 Å². The number of hydrogen-bond acceptors (Lipinski definition) is 2. The van der Waals surface area contributed by atoms with E-state index in [1.807, 2.05) is 37.3 Å². The Morgan fingerprint density at radius 1 is 1.36 bits per heavy atom. The zero-order valence-electron chi connectivity index (χ0n) is 8.07. The van der Waals surface area contributed by atoms with Gasteiger partial charge in [0.1, 0.15) is 12.4 Å². The van der Waals surface area contributed by atoms with Crippen LogP contribution in [0.1, 0.15) is 18.6 Å². The Balaban J connectivity index is 2.34. The second kappa shape index (κ2) is 3.76. The molecule has 0 aliphatic carbocycles. The molecule has 0 aromatic heterocycles. The van der Waals surface area contributed by atoms with Gasteiger partial charge in [0.25, 0.3) is 0 Å². The summed E-state index contributed by atoms with van der Waals surface area (Å²) in [6.07, 6.45) is 0.744. The molecule has 2 rings (SSSR count). The van der Waals surface area contributed by atoms with Crippen LogP contribution in [0.25, 0.3) is 0 Å². The van der Waals surface area contributed by atoms with Gasteiger partial charge in [0, 0.05) is 5.57 Å². The van der Waals surface area contributed by atoms with Crippen molar-refractivity contribution in [2.75, 3.05) is 6.61 Å². The van der Waals surface area contributed by atoms with Crippen molar-refractivity contribution in [2.24, 2.45) is 0 Å². The van der Waals surface area contributed by atoms with E-state index in [1.54, 1.807) is 0 Å². The summed E-state index contributed by atoms with van der Waals surface area (Å²) in [7, 11) is 0. The first kappa shape index (κ1) is 9.16. The average molecular weight is 188 g/mol. The number of carbonyl (C=O) groups is 1. The highest BCUT2D eigenvalue weighted by atomic mass is 16.5. The van der Waals surface area contributed by atoms with Crippen molar-refractivity contribution >= 4 is 6.29 Å². The predicted octanol–water partition coefficient (Wildman–Crippen LogP) is 2.27. The molecule has 0 radical (unpaired) electrons. The molecule has 0 saturated carbocycles. The van der Waals surface area contributed by atoms with Gasteiger partial charge >= 0.3 is 0 Å². The molecule has 1 heterocycles. The molecule has 1 aromatic rings. The Bertz CT molecular complexity index is 365. The highest BCUT2D eigenvalue weighted by Gasteiger charge is 2.24. The van der Waals surface area contributed by atoms with Crippen molar-refractivity contribution in [1.82, 2.24) is 0 Å². The number of rotatable bonds is 2. The lowest BCUT2D eigenvalue weighted by atomic mass is 10.0. The fourth-order valence-corrected chi connectivity index (χ4v) is 1.67. The van der Waals surface area contributed by atoms with Crippen LogP contribution in [0.4, 0.5) is 0 Å². The number of aldehydes is 1. The Kier molecular flexibility index (Phi) is 2.46. The highest BCUT2D eigenvalue weighted by molar-refractivity contribution is 5.77. The SMILES string of the molecule is CC1=C(C=O)[C@@H](c2ccccc2)OC1. The van der Waals surface area contributed by atoms with Gasteiger partial charge in [-0.3, -0.25) is 4.79 Å². The first-order valence-corrected chi connectivity index (χ1v) is 4.64. The predicted molar refractivity (Wildman–Crippen MR) is 53.9 cm³/mol. The van der Waals surface area contributed by atoms with Crippen molar-refractivity contribution in [3.05, 3.63) is 47.0 Å². The molecular formula is C12H12O2. The van der Waals surface area contributed by atoms with Crippen LogP contribution in [0, 0.1) is 0 Å². The summed E-state index contributed by atoms with van der Waals surface area (Å²) in [6, 6.07) is 9.82. The number of ether oxygens (including phenoxy) is 1. The van der Waals surface area contributed by atoms with E-state index in [1.165, 1.54) is 0 Å². The maximum absolute atomic E-state index is 10.9. The van der Waals surface area contributed by atoms with Gasteiger partial charge in [-0.1, -0.05) is 30.3 Å². The van der Waals surface area contributed by atoms with Gasteiger partial charge in [-0.2, -0.15) is 0 Å². The van der Waals surface area contributed by atoms with Gasteiger partial charge < -0.3 is 4.74 Å². The van der Waals surface area contributed by atoms with Crippen LogP contribution in [0.3, 0.4) is 0 Å². The second-order valence-corrected chi connectivity index (χ2v) is 3.46. The minimum Gasteiger partial charge on any atom is -0.364 e. The molecule has 0 bridgehead atoms. The molecular weight excluding hydrogens is 176 g/mol.